The summed E-state index contributed by atoms with van der Waals surface area (Å²) in [5, 5.41) is 17.7. The van der Waals surface area contributed by atoms with Crippen LogP contribution in [0.1, 0.15) is 11.5 Å². The molecule has 7 heteroatoms. The normalized spacial score (nSPS) is 8.95. The standard InChI is InChI=1S/2C6H6O3.Pt/c2*1-4-6(8)5(7)2-3-9-4;/h2*2-3,8H,1H3;/p+2. The molecule has 2 aromatic rings. The summed E-state index contributed by atoms with van der Waals surface area (Å²) in [6.07, 6.45) is 2.62. The fourth-order valence-electron chi connectivity index (χ4n) is 1.03. The first-order valence-corrected chi connectivity index (χ1v) is 5.02. The molecule has 4 N–H and O–H groups in total. The molecule has 2 aromatic heterocycles. The van der Waals surface area contributed by atoms with Crippen molar-refractivity contribution in [2.45, 2.75) is 13.8 Å². The van der Waals surface area contributed by atoms with Crippen LogP contribution in [0.5, 0.6) is 11.5 Å². The number of rotatable bonds is 0. The van der Waals surface area contributed by atoms with Crippen molar-refractivity contribution in [2.75, 3.05) is 0 Å². The molecule has 2 heterocycles. The van der Waals surface area contributed by atoms with E-state index in [1.807, 2.05) is 0 Å². The fraction of sp³-hybridized carbons (Fsp3) is 0.167. The minimum Gasteiger partial charge on any atom is -0.498 e. The molecule has 0 bridgehead atoms. The maximum atomic E-state index is 8.86. The second kappa shape index (κ2) is 7.59. The molecule has 2 rings (SSSR count). The zero-order valence-electron chi connectivity index (χ0n) is 10.2. The molecule has 106 valence electrons. The number of aromatic hydroxyl groups is 2. The van der Waals surface area contributed by atoms with Crippen molar-refractivity contribution in [1.29, 1.82) is 0 Å². The second-order valence-electron chi connectivity index (χ2n) is 3.42. The van der Waals surface area contributed by atoms with Gasteiger partial charge in [-0.2, -0.15) is 0 Å². The van der Waals surface area contributed by atoms with E-state index in [0.717, 1.165) is 0 Å². The van der Waals surface area contributed by atoms with Crippen LogP contribution in [0.15, 0.2) is 33.5 Å². The van der Waals surface area contributed by atoms with E-state index in [0.29, 0.717) is 11.5 Å². The van der Waals surface area contributed by atoms with Gasteiger partial charge in [-0.25, -0.2) is 0 Å². The molecule has 0 radical (unpaired) electrons. The van der Waals surface area contributed by atoms with Crippen molar-refractivity contribution >= 4 is 0 Å². The number of hydrogen-bond acceptors (Lipinski definition) is 4. The van der Waals surface area contributed by atoms with Gasteiger partial charge < -0.3 is 19.0 Å². The van der Waals surface area contributed by atoms with Gasteiger partial charge >= 0.3 is 10.9 Å². The van der Waals surface area contributed by atoms with Crippen molar-refractivity contribution in [1.82, 2.24) is 0 Å². The van der Waals surface area contributed by atoms with Crippen LogP contribution in [-0.2, 0) is 21.1 Å². The quantitative estimate of drug-likeness (QED) is 0.574. The third-order valence-corrected chi connectivity index (χ3v) is 2.09. The molecule has 0 unspecified atom stereocenters. The van der Waals surface area contributed by atoms with Gasteiger partial charge in [0.25, 0.3) is 11.5 Å². The van der Waals surface area contributed by atoms with Crippen LogP contribution in [0.3, 0.4) is 0 Å². The maximum absolute atomic E-state index is 8.86. The number of aryl methyl sites for hydroxylation is 2. The molecule has 0 aliphatic heterocycles. The van der Waals surface area contributed by atoms with E-state index in [1.54, 1.807) is 13.8 Å². The Morgan fingerprint density at radius 2 is 1.16 bits per heavy atom. The average Bonchev–Trinajstić information content (AvgIpc) is 2.34. The minimum atomic E-state index is -0.197. The molecule has 0 amide bonds. The largest absolute Gasteiger partial charge is 0.498 e. The summed E-state index contributed by atoms with van der Waals surface area (Å²) in [5.41, 5.74) is -0.308. The molecule has 0 aliphatic carbocycles. The van der Waals surface area contributed by atoms with E-state index in [2.05, 4.69) is 0 Å². The smallest absolute Gasteiger partial charge is 0.387 e. The average molecular weight is 449 g/mol. The summed E-state index contributed by atoms with van der Waals surface area (Å²) in [6, 6.07) is 2.56. The second-order valence-corrected chi connectivity index (χ2v) is 3.42. The zero-order chi connectivity index (χ0) is 13.7. The Kier molecular flexibility index (Phi) is 6.86. The third-order valence-electron chi connectivity index (χ3n) is 2.09. The summed E-state index contributed by atoms with van der Waals surface area (Å²) in [7, 11) is 0. The third kappa shape index (κ3) is 4.75. The molecule has 0 aliphatic rings. The predicted molar refractivity (Wildman–Crippen MR) is 60.4 cm³/mol. The van der Waals surface area contributed by atoms with Gasteiger partial charge in [-0.15, -0.1) is 0 Å². The first kappa shape index (κ1) is 17.2. The van der Waals surface area contributed by atoms with E-state index in [-0.39, 0.29) is 43.4 Å². The van der Waals surface area contributed by atoms with E-state index in [9.17, 15) is 0 Å². The van der Waals surface area contributed by atoms with Crippen molar-refractivity contribution in [3.8, 4) is 11.5 Å². The van der Waals surface area contributed by atoms with Crippen molar-refractivity contribution in [3.63, 3.8) is 0 Å². The van der Waals surface area contributed by atoms with Gasteiger partial charge in [0.2, 0.25) is 0 Å². The van der Waals surface area contributed by atoms with E-state index in [1.165, 1.54) is 24.7 Å². The Morgan fingerprint density at radius 3 is 1.37 bits per heavy atom. The van der Waals surface area contributed by atoms with Crippen LogP contribution in [0, 0.1) is 13.8 Å². The molecule has 6 nitrogen and oxygen atoms in total. The van der Waals surface area contributed by atoms with Gasteiger partial charge in [0.15, 0.2) is 11.5 Å². The zero-order valence-corrected chi connectivity index (χ0v) is 12.5. The fourth-order valence-corrected chi connectivity index (χ4v) is 1.03. The van der Waals surface area contributed by atoms with Gasteiger partial charge in [0.1, 0.15) is 12.5 Å². The van der Waals surface area contributed by atoms with Crippen LogP contribution < -0.4 is 10.9 Å². The monoisotopic (exact) mass is 449 g/mol. The summed E-state index contributed by atoms with van der Waals surface area (Å²) in [6.45, 7) is 3.13. The molecule has 0 atom stereocenters. The first-order chi connectivity index (χ1) is 8.43. The summed E-state index contributed by atoms with van der Waals surface area (Å²) < 4.78 is 9.46. The molecular weight excluding hydrogens is 435 g/mol. The van der Waals surface area contributed by atoms with E-state index >= 15 is 0 Å². The molecule has 0 saturated carbocycles. The Hall–Kier alpha value is -1.81. The summed E-state index contributed by atoms with van der Waals surface area (Å²) in [5.74, 6) is 0.236. The van der Waals surface area contributed by atoms with Crippen molar-refractivity contribution in [3.05, 3.63) is 47.0 Å². The molecule has 19 heavy (non-hydrogen) atoms. The maximum Gasteiger partial charge on any atom is 0.387 e. The van der Waals surface area contributed by atoms with Gasteiger partial charge in [0.05, 0.1) is 12.1 Å². The Labute approximate surface area is 122 Å². The van der Waals surface area contributed by atoms with E-state index in [4.69, 9.17) is 28.6 Å². The molecule has 0 spiro atoms. The van der Waals surface area contributed by atoms with Gasteiger partial charge in [-0.1, -0.05) is 0 Å². The Morgan fingerprint density at radius 1 is 0.842 bits per heavy atom. The van der Waals surface area contributed by atoms with Crippen molar-refractivity contribution < 1.29 is 49.7 Å². The van der Waals surface area contributed by atoms with Crippen LogP contribution in [0.4, 0.5) is 0 Å². The predicted octanol–water partition coefficient (Wildman–Crippen LogP) is 0.594. The summed E-state index contributed by atoms with van der Waals surface area (Å²) in [4.78, 5) is 17.6. The molecule has 0 fully saturated rings. The molecule has 0 saturated heterocycles. The van der Waals surface area contributed by atoms with Crippen LogP contribution in [0.25, 0.3) is 0 Å². The van der Waals surface area contributed by atoms with E-state index < -0.39 is 0 Å². The first-order valence-electron chi connectivity index (χ1n) is 5.02. The number of hydrogen-bond donors (Lipinski definition) is 2. The SMILES string of the molecule is Cc1occc(=[OH+])c1O.Cc1occc(=[OH+])c1O.[Pt]. The van der Waals surface area contributed by atoms with Gasteiger partial charge in [-0.05, 0) is 13.8 Å². The van der Waals surface area contributed by atoms with Crippen LogP contribution in [-0.4, -0.2) is 19.8 Å². The molecular formula is C12H14O6Pt+2. The van der Waals surface area contributed by atoms with Gasteiger partial charge in [-0.3, -0.25) is 9.59 Å². The molecule has 0 aromatic carbocycles. The topological polar surface area (TPSA) is 110 Å². The van der Waals surface area contributed by atoms with Crippen LogP contribution >= 0.6 is 0 Å². The Bertz CT molecular complexity index is 586. The Balaban J connectivity index is 0.000000324. The minimum absolute atomic E-state index is 0. The van der Waals surface area contributed by atoms with Crippen LogP contribution in [0.2, 0.25) is 0 Å². The van der Waals surface area contributed by atoms with Crippen molar-refractivity contribution in [2.24, 2.45) is 0 Å². The van der Waals surface area contributed by atoms with Gasteiger partial charge in [0, 0.05) is 21.1 Å². The summed E-state index contributed by atoms with van der Waals surface area (Å²) >= 11 is 0.